The summed E-state index contributed by atoms with van der Waals surface area (Å²) in [5.74, 6) is 1.06. The summed E-state index contributed by atoms with van der Waals surface area (Å²) in [6.45, 7) is 1.81. The molecule has 17 heavy (non-hydrogen) atoms. The first-order valence-electron chi connectivity index (χ1n) is 5.90. The maximum absolute atomic E-state index is 12.2. The van der Waals surface area contributed by atoms with Crippen molar-refractivity contribution in [2.24, 2.45) is 5.92 Å². The third-order valence-electron chi connectivity index (χ3n) is 3.18. The standard InChI is InChI=1S/C11H19N3O2S/c1-14(11-5-3-7-13-11)17(15,16)9-10-4-2-6-12-8-10/h3,5,7,10,12-13H,2,4,6,8-9H2,1H3. The predicted molar refractivity (Wildman–Crippen MR) is 68.6 cm³/mol. The highest BCUT2D eigenvalue weighted by atomic mass is 32.2. The van der Waals surface area contributed by atoms with Gasteiger partial charge < -0.3 is 10.3 Å². The molecule has 0 spiro atoms. The maximum Gasteiger partial charge on any atom is 0.236 e. The van der Waals surface area contributed by atoms with Crippen LogP contribution in [0.1, 0.15) is 12.8 Å². The van der Waals surface area contributed by atoms with Crippen LogP contribution in [0.15, 0.2) is 18.3 Å². The molecule has 1 aromatic rings. The van der Waals surface area contributed by atoms with Gasteiger partial charge in [-0.15, -0.1) is 0 Å². The molecular formula is C11H19N3O2S. The molecule has 1 aliphatic rings. The van der Waals surface area contributed by atoms with E-state index >= 15 is 0 Å². The van der Waals surface area contributed by atoms with Crippen LogP contribution in [0.25, 0.3) is 0 Å². The van der Waals surface area contributed by atoms with Gasteiger partial charge in [-0.25, -0.2) is 8.42 Å². The number of rotatable bonds is 4. The number of aromatic nitrogens is 1. The number of aromatic amines is 1. The first-order valence-corrected chi connectivity index (χ1v) is 7.51. The van der Waals surface area contributed by atoms with Crippen molar-refractivity contribution in [3.05, 3.63) is 18.3 Å². The third kappa shape index (κ3) is 3.01. The molecular weight excluding hydrogens is 238 g/mol. The van der Waals surface area contributed by atoms with Gasteiger partial charge in [-0.3, -0.25) is 4.31 Å². The summed E-state index contributed by atoms with van der Waals surface area (Å²) >= 11 is 0. The minimum absolute atomic E-state index is 0.218. The highest BCUT2D eigenvalue weighted by Crippen LogP contribution is 2.18. The molecule has 0 aliphatic carbocycles. The number of H-pyrrole nitrogens is 1. The summed E-state index contributed by atoms with van der Waals surface area (Å²) in [5.41, 5.74) is 0. The highest BCUT2D eigenvalue weighted by Gasteiger charge is 2.25. The molecule has 1 atom stereocenters. The van der Waals surface area contributed by atoms with Crippen molar-refractivity contribution in [2.45, 2.75) is 12.8 Å². The second kappa shape index (κ2) is 5.10. The lowest BCUT2D eigenvalue weighted by Crippen LogP contribution is -2.38. The van der Waals surface area contributed by atoms with Crippen LogP contribution in [0.3, 0.4) is 0 Å². The van der Waals surface area contributed by atoms with E-state index in [1.807, 2.05) is 0 Å². The van der Waals surface area contributed by atoms with Crippen molar-refractivity contribution in [2.75, 3.05) is 30.2 Å². The van der Waals surface area contributed by atoms with Crippen molar-refractivity contribution in [3.63, 3.8) is 0 Å². The Hall–Kier alpha value is -1.01. The van der Waals surface area contributed by atoms with Gasteiger partial charge in [0, 0.05) is 13.2 Å². The molecule has 1 fully saturated rings. The number of piperidine rings is 1. The molecule has 0 radical (unpaired) electrons. The van der Waals surface area contributed by atoms with E-state index in [0.29, 0.717) is 5.82 Å². The summed E-state index contributed by atoms with van der Waals surface area (Å²) < 4.78 is 25.7. The molecule has 0 bridgehead atoms. The molecule has 0 aromatic carbocycles. The van der Waals surface area contributed by atoms with Gasteiger partial charge in [0.2, 0.25) is 10.0 Å². The minimum Gasteiger partial charge on any atom is -0.348 e. The lowest BCUT2D eigenvalue weighted by molar-refractivity contribution is 0.404. The molecule has 5 nitrogen and oxygen atoms in total. The first kappa shape index (κ1) is 12.4. The molecule has 1 aliphatic heterocycles. The molecule has 0 amide bonds. The fourth-order valence-electron chi connectivity index (χ4n) is 2.14. The van der Waals surface area contributed by atoms with E-state index < -0.39 is 10.0 Å². The van der Waals surface area contributed by atoms with Crippen LogP contribution >= 0.6 is 0 Å². The Morgan fingerprint density at radius 2 is 2.35 bits per heavy atom. The predicted octanol–water partition coefficient (Wildman–Crippen LogP) is 0.780. The Morgan fingerprint density at radius 3 is 2.94 bits per heavy atom. The average Bonchev–Trinajstić information content (AvgIpc) is 2.82. The topological polar surface area (TPSA) is 65.2 Å². The van der Waals surface area contributed by atoms with Crippen molar-refractivity contribution >= 4 is 15.8 Å². The number of hydrogen-bond acceptors (Lipinski definition) is 3. The van der Waals surface area contributed by atoms with Crippen LogP contribution < -0.4 is 9.62 Å². The number of sulfonamides is 1. The zero-order chi connectivity index (χ0) is 12.3. The van der Waals surface area contributed by atoms with Crippen molar-refractivity contribution in [1.29, 1.82) is 0 Å². The van der Waals surface area contributed by atoms with Crippen LogP contribution in [-0.4, -0.2) is 39.3 Å². The fourth-order valence-corrected chi connectivity index (χ4v) is 3.66. The van der Waals surface area contributed by atoms with Crippen LogP contribution in [-0.2, 0) is 10.0 Å². The zero-order valence-electron chi connectivity index (χ0n) is 10.0. The second-order valence-corrected chi connectivity index (χ2v) is 6.56. The summed E-state index contributed by atoms with van der Waals surface area (Å²) in [4.78, 5) is 2.91. The molecule has 0 saturated carbocycles. The number of nitrogens with one attached hydrogen (secondary N) is 2. The number of anilines is 1. The fraction of sp³-hybridized carbons (Fsp3) is 0.636. The molecule has 2 rings (SSSR count). The Balaban J connectivity index is 2.03. The smallest absolute Gasteiger partial charge is 0.236 e. The van der Waals surface area contributed by atoms with Crippen LogP contribution in [0, 0.1) is 5.92 Å². The quantitative estimate of drug-likeness (QED) is 0.838. The lowest BCUT2D eigenvalue weighted by Gasteiger charge is -2.25. The van der Waals surface area contributed by atoms with Gasteiger partial charge in [0.1, 0.15) is 5.82 Å². The third-order valence-corrected chi connectivity index (χ3v) is 5.11. The van der Waals surface area contributed by atoms with Gasteiger partial charge in [0.25, 0.3) is 0 Å². The molecule has 6 heteroatoms. The van der Waals surface area contributed by atoms with E-state index in [0.717, 1.165) is 25.9 Å². The largest absolute Gasteiger partial charge is 0.348 e. The lowest BCUT2D eigenvalue weighted by atomic mass is 10.0. The van der Waals surface area contributed by atoms with Gasteiger partial charge >= 0.3 is 0 Å². The SMILES string of the molecule is CN(c1ccc[nH]1)S(=O)(=O)CC1CCCNC1. The molecule has 1 unspecified atom stereocenters. The van der Waals surface area contributed by atoms with Crippen molar-refractivity contribution in [3.8, 4) is 0 Å². The summed E-state index contributed by atoms with van der Waals surface area (Å²) in [6, 6.07) is 3.56. The summed E-state index contributed by atoms with van der Waals surface area (Å²) in [7, 11) is -1.63. The Morgan fingerprint density at radius 1 is 1.53 bits per heavy atom. The van der Waals surface area contributed by atoms with Crippen LogP contribution in [0.5, 0.6) is 0 Å². The van der Waals surface area contributed by atoms with E-state index in [-0.39, 0.29) is 11.7 Å². The van der Waals surface area contributed by atoms with E-state index in [1.54, 1.807) is 25.4 Å². The maximum atomic E-state index is 12.2. The Kier molecular flexibility index (Phi) is 3.73. The molecule has 2 heterocycles. The first-order chi connectivity index (χ1) is 8.09. The van der Waals surface area contributed by atoms with Crippen molar-refractivity contribution < 1.29 is 8.42 Å². The molecule has 1 saturated heterocycles. The van der Waals surface area contributed by atoms with Gasteiger partial charge in [0.15, 0.2) is 0 Å². The summed E-state index contributed by atoms with van der Waals surface area (Å²) in [5, 5.41) is 3.24. The summed E-state index contributed by atoms with van der Waals surface area (Å²) in [6.07, 6.45) is 3.78. The average molecular weight is 257 g/mol. The minimum atomic E-state index is -3.22. The zero-order valence-corrected chi connectivity index (χ0v) is 10.8. The Labute approximate surface area is 102 Å². The van der Waals surface area contributed by atoms with E-state index in [4.69, 9.17) is 0 Å². The second-order valence-electron chi connectivity index (χ2n) is 4.51. The van der Waals surface area contributed by atoms with Gasteiger partial charge in [-0.1, -0.05) is 0 Å². The highest BCUT2D eigenvalue weighted by molar-refractivity contribution is 7.92. The van der Waals surface area contributed by atoms with Crippen molar-refractivity contribution in [1.82, 2.24) is 10.3 Å². The van der Waals surface area contributed by atoms with Crippen LogP contribution in [0.2, 0.25) is 0 Å². The normalized spacial score (nSPS) is 21.4. The monoisotopic (exact) mass is 257 g/mol. The number of hydrogen-bond donors (Lipinski definition) is 2. The molecule has 2 N–H and O–H groups in total. The Bertz CT molecular complexity index is 435. The van der Waals surface area contributed by atoms with E-state index in [1.165, 1.54) is 4.31 Å². The van der Waals surface area contributed by atoms with Gasteiger partial charge in [-0.05, 0) is 44.0 Å². The van der Waals surface area contributed by atoms with Crippen LogP contribution in [0.4, 0.5) is 5.82 Å². The van der Waals surface area contributed by atoms with E-state index in [9.17, 15) is 8.42 Å². The van der Waals surface area contributed by atoms with E-state index in [2.05, 4.69) is 10.3 Å². The molecule has 96 valence electrons. The molecule has 1 aromatic heterocycles. The van der Waals surface area contributed by atoms with Gasteiger partial charge in [-0.2, -0.15) is 0 Å². The number of nitrogens with zero attached hydrogens (tertiary/aromatic N) is 1. The van der Waals surface area contributed by atoms with Gasteiger partial charge in [0.05, 0.1) is 5.75 Å².